The molecule has 26 heavy (non-hydrogen) atoms. The first-order valence-corrected chi connectivity index (χ1v) is 8.37. The molecule has 0 spiro atoms. The Morgan fingerprint density at radius 3 is 2.38 bits per heavy atom. The standard InChI is InChI=1S/C20H17F2N3O/c21-15-8-4-9-16(22)18(15)23-20(26)25-13-12-24-11-5-10-17(24)19(25)14-6-2-1-3-7-14/h1-11,19H,12-13H2,(H,23,26)/t19-/m1/s1. The zero-order valence-electron chi connectivity index (χ0n) is 13.9. The Morgan fingerprint density at radius 1 is 0.923 bits per heavy atom. The van der Waals surface area contributed by atoms with Crippen molar-refractivity contribution in [3.8, 4) is 0 Å². The molecule has 2 heterocycles. The molecule has 0 saturated heterocycles. The zero-order valence-corrected chi connectivity index (χ0v) is 13.9. The highest BCUT2D eigenvalue weighted by molar-refractivity contribution is 5.90. The largest absolute Gasteiger partial charge is 0.348 e. The Hall–Kier alpha value is -3.15. The van der Waals surface area contributed by atoms with Crippen LogP contribution in [0, 0.1) is 11.6 Å². The summed E-state index contributed by atoms with van der Waals surface area (Å²) in [6.45, 7) is 1.06. The Morgan fingerprint density at radius 2 is 1.65 bits per heavy atom. The number of nitrogens with zero attached hydrogens (tertiary/aromatic N) is 2. The number of urea groups is 1. The first-order chi connectivity index (χ1) is 12.6. The van der Waals surface area contributed by atoms with E-state index in [1.165, 1.54) is 6.07 Å². The van der Waals surface area contributed by atoms with Crippen LogP contribution in [0.2, 0.25) is 0 Å². The lowest BCUT2D eigenvalue weighted by atomic mass is 10.0. The van der Waals surface area contributed by atoms with Crippen molar-refractivity contribution in [1.29, 1.82) is 0 Å². The number of carbonyl (C=O) groups is 1. The fourth-order valence-corrected chi connectivity index (χ4v) is 3.38. The van der Waals surface area contributed by atoms with Crippen LogP contribution in [-0.2, 0) is 6.54 Å². The minimum atomic E-state index is -0.796. The number of rotatable bonds is 2. The van der Waals surface area contributed by atoms with E-state index in [9.17, 15) is 13.6 Å². The molecule has 6 heteroatoms. The highest BCUT2D eigenvalue weighted by Gasteiger charge is 2.32. The molecule has 0 fully saturated rings. The number of halogens is 2. The molecule has 0 saturated carbocycles. The summed E-state index contributed by atoms with van der Waals surface area (Å²) in [5.41, 5.74) is 1.48. The van der Waals surface area contributed by atoms with Crippen LogP contribution < -0.4 is 5.32 Å². The summed E-state index contributed by atoms with van der Waals surface area (Å²) in [5, 5.41) is 2.40. The number of para-hydroxylation sites is 1. The van der Waals surface area contributed by atoms with Crippen LogP contribution >= 0.6 is 0 Å². The van der Waals surface area contributed by atoms with E-state index in [2.05, 4.69) is 9.88 Å². The van der Waals surface area contributed by atoms with E-state index in [0.29, 0.717) is 13.1 Å². The van der Waals surface area contributed by atoms with Gasteiger partial charge >= 0.3 is 6.03 Å². The summed E-state index contributed by atoms with van der Waals surface area (Å²) in [5.74, 6) is -1.59. The van der Waals surface area contributed by atoms with Gasteiger partial charge in [0, 0.05) is 25.0 Å². The lowest BCUT2D eigenvalue weighted by molar-refractivity contribution is 0.181. The van der Waals surface area contributed by atoms with Gasteiger partial charge in [-0.2, -0.15) is 0 Å². The van der Waals surface area contributed by atoms with Crippen molar-refractivity contribution in [2.75, 3.05) is 11.9 Å². The molecule has 4 nitrogen and oxygen atoms in total. The van der Waals surface area contributed by atoms with Crippen molar-refractivity contribution < 1.29 is 13.6 Å². The third-order valence-electron chi connectivity index (χ3n) is 4.61. The SMILES string of the molecule is O=C(Nc1c(F)cccc1F)N1CCn2cccc2[C@H]1c1ccccc1. The molecule has 1 aromatic heterocycles. The van der Waals surface area contributed by atoms with Gasteiger partial charge in [0.25, 0.3) is 0 Å². The van der Waals surface area contributed by atoms with Crippen molar-refractivity contribution in [3.63, 3.8) is 0 Å². The quantitative estimate of drug-likeness (QED) is 0.728. The lowest BCUT2D eigenvalue weighted by Gasteiger charge is -2.37. The minimum absolute atomic E-state index is 0.324. The van der Waals surface area contributed by atoms with Crippen LogP contribution in [0.4, 0.5) is 19.3 Å². The molecule has 4 rings (SSSR count). The summed E-state index contributed by atoms with van der Waals surface area (Å²) in [7, 11) is 0. The summed E-state index contributed by atoms with van der Waals surface area (Å²) < 4.78 is 29.9. The predicted molar refractivity (Wildman–Crippen MR) is 94.8 cm³/mol. The monoisotopic (exact) mass is 353 g/mol. The van der Waals surface area contributed by atoms with E-state index in [0.717, 1.165) is 23.4 Å². The minimum Gasteiger partial charge on any atom is -0.348 e. The molecule has 0 aliphatic carbocycles. The molecule has 0 unspecified atom stereocenters. The number of hydrogen-bond acceptors (Lipinski definition) is 1. The number of nitrogens with one attached hydrogen (secondary N) is 1. The molecule has 1 aliphatic heterocycles. The first kappa shape index (κ1) is 16.3. The molecular weight excluding hydrogens is 336 g/mol. The van der Waals surface area contributed by atoms with Gasteiger partial charge in [0.2, 0.25) is 0 Å². The fourth-order valence-electron chi connectivity index (χ4n) is 3.38. The number of anilines is 1. The Labute approximate surface area is 149 Å². The third-order valence-corrected chi connectivity index (χ3v) is 4.61. The lowest BCUT2D eigenvalue weighted by Crippen LogP contribution is -2.44. The van der Waals surface area contributed by atoms with Gasteiger partial charge in [0.1, 0.15) is 17.3 Å². The number of amides is 2. The van der Waals surface area contributed by atoms with Crippen LogP contribution in [0.1, 0.15) is 17.3 Å². The number of benzene rings is 2. The topological polar surface area (TPSA) is 37.3 Å². The van der Waals surface area contributed by atoms with E-state index >= 15 is 0 Å². The van der Waals surface area contributed by atoms with Crippen LogP contribution in [0.25, 0.3) is 0 Å². The van der Waals surface area contributed by atoms with E-state index < -0.39 is 23.4 Å². The molecule has 0 radical (unpaired) electrons. The van der Waals surface area contributed by atoms with Gasteiger partial charge in [0.05, 0.1) is 6.04 Å². The van der Waals surface area contributed by atoms with Gasteiger partial charge in [0.15, 0.2) is 0 Å². The fraction of sp³-hybridized carbons (Fsp3) is 0.150. The van der Waals surface area contributed by atoms with E-state index in [4.69, 9.17) is 0 Å². The average Bonchev–Trinajstić information content (AvgIpc) is 3.13. The number of fused-ring (bicyclic) bond motifs is 1. The van der Waals surface area contributed by atoms with Crippen LogP contribution in [-0.4, -0.2) is 22.0 Å². The summed E-state index contributed by atoms with van der Waals surface area (Å²) in [6, 6.07) is 16.1. The predicted octanol–water partition coefficient (Wildman–Crippen LogP) is 4.40. The maximum Gasteiger partial charge on any atom is 0.322 e. The zero-order chi connectivity index (χ0) is 18.1. The first-order valence-electron chi connectivity index (χ1n) is 8.37. The molecule has 2 aromatic carbocycles. The van der Waals surface area contributed by atoms with Crippen molar-refractivity contribution in [1.82, 2.24) is 9.47 Å². The molecule has 132 valence electrons. The second-order valence-electron chi connectivity index (χ2n) is 6.16. The number of hydrogen-bond donors (Lipinski definition) is 1. The van der Waals surface area contributed by atoms with E-state index in [1.807, 2.05) is 48.7 Å². The third kappa shape index (κ3) is 2.83. The van der Waals surface area contributed by atoms with Crippen molar-refractivity contribution >= 4 is 11.7 Å². The highest BCUT2D eigenvalue weighted by atomic mass is 19.1. The molecule has 3 aromatic rings. The molecule has 1 aliphatic rings. The number of aromatic nitrogens is 1. The summed E-state index contributed by atoms with van der Waals surface area (Å²) in [6.07, 6.45) is 1.97. The van der Waals surface area contributed by atoms with Crippen LogP contribution in [0.3, 0.4) is 0 Å². The number of carbonyl (C=O) groups excluding carboxylic acids is 1. The van der Waals surface area contributed by atoms with Crippen LogP contribution in [0.15, 0.2) is 66.9 Å². The van der Waals surface area contributed by atoms with Gasteiger partial charge in [-0.05, 0) is 29.8 Å². The average molecular weight is 353 g/mol. The Kier molecular flexibility index (Phi) is 4.16. The maximum atomic E-state index is 13.9. The van der Waals surface area contributed by atoms with Gasteiger partial charge in [-0.25, -0.2) is 13.6 Å². The second kappa shape index (κ2) is 6.63. The Bertz CT molecular complexity index is 919. The van der Waals surface area contributed by atoms with E-state index in [-0.39, 0.29) is 6.04 Å². The highest BCUT2D eigenvalue weighted by Crippen LogP contribution is 2.33. The molecule has 1 N–H and O–H groups in total. The van der Waals surface area contributed by atoms with Gasteiger partial charge in [-0.15, -0.1) is 0 Å². The van der Waals surface area contributed by atoms with E-state index in [1.54, 1.807) is 4.90 Å². The summed E-state index contributed by atoms with van der Waals surface area (Å²) >= 11 is 0. The molecular formula is C20H17F2N3O. The molecule has 1 atom stereocenters. The maximum absolute atomic E-state index is 13.9. The van der Waals surface area contributed by atoms with Gasteiger partial charge in [-0.3, -0.25) is 0 Å². The summed E-state index contributed by atoms with van der Waals surface area (Å²) in [4.78, 5) is 14.5. The normalized spacial score (nSPS) is 16.2. The van der Waals surface area contributed by atoms with Crippen molar-refractivity contribution in [2.45, 2.75) is 12.6 Å². The van der Waals surface area contributed by atoms with Gasteiger partial charge < -0.3 is 14.8 Å². The van der Waals surface area contributed by atoms with Gasteiger partial charge in [-0.1, -0.05) is 36.4 Å². The van der Waals surface area contributed by atoms with Crippen molar-refractivity contribution in [3.05, 3.63) is 89.8 Å². The molecule has 0 bridgehead atoms. The van der Waals surface area contributed by atoms with Crippen molar-refractivity contribution in [2.24, 2.45) is 0 Å². The Balaban J connectivity index is 1.69. The smallest absolute Gasteiger partial charge is 0.322 e. The second-order valence-corrected chi connectivity index (χ2v) is 6.16. The molecule has 2 amide bonds. The van der Waals surface area contributed by atoms with Crippen LogP contribution in [0.5, 0.6) is 0 Å².